The van der Waals surface area contributed by atoms with Gasteiger partial charge < -0.3 is 25.8 Å². The molecule has 5 nitrogen and oxygen atoms in total. The van der Waals surface area contributed by atoms with Crippen LogP contribution in [0.15, 0.2) is 49.4 Å². The van der Waals surface area contributed by atoms with E-state index in [1.165, 1.54) is 19.3 Å². The minimum Gasteiger partial charge on any atom is -0.376 e. The number of hydrogen-bond donors (Lipinski definition) is 3. The van der Waals surface area contributed by atoms with E-state index >= 15 is 0 Å². The molecule has 0 radical (unpaired) electrons. The second-order valence-electron chi connectivity index (χ2n) is 8.49. The number of fused-ring (bicyclic) bond motifs is 1. The van der Waals surface area contributed by atoms with E-state index in [-0.39, 0.29) is 0 Å². The molecule has 1 saturated carbocycles. The fourth-order valence-corrected chi connectivity index (χ4v) is 4.23. The second kappa shape index (κ2) is 10.8. The van der Waals surface area contributed by atoms with Gasteiger partial charge in [-0.05, 0) is 49.2 Å². The van der Waals surface area contributed by atoms with Crippen LogP contribution in [0.1, 0.15) is 44.7 Å². The van der Waals surface area contributed by atoms with Gasteiger partial charge in [0, 0.05) is 40.8 Å². The van der Waals surface area contributed by atoms with Crippen molar-refractivity contribution in [2.24, 2.45) is 11.7 Å². The van der Waals surface area contributed by atoms with Crippen molar-refractivity contribution < 1.29 is 0 Å². The first kappa shape index (κ1) is 22.6. The van der Waals surface area contributed by atoms with E-state index in [2.05, 4.69) is 46.2 Å². The summed E-state index contributed by atoms with van der Waals surface area (Å²) in [7, 11) is 0. The number of aromatic amines is 1. The van der Waals surface area contributed by atoms with Gasteiger partial charge >= 0.3 is 0 Å². The van der Waals surface area contributed by atoms with Crippen LogP contribution in [0.4, 0.5) is 0 Å². The Hall–Kier alpha value is -2.11. The van der Waals surface area contributed by atoms with Crippen molar-refractivity contribution in [2.45, 2.75) is 51.6 Å². The van der Waals surface area contributed by atoms with Gasteiger partial charge in [0.25, 0.3) is 0 Å². The van der Waals surface area contributed by atoms with Crippen LogP contribution in [0.3, 0.4) is 0 Å². The maximum absolute atomic E-state index is 6.05. The quantitative estimate of drug-likeness (QED) is 0.541. The first-order chi connectivity index (χ1) is 14.5. The number of H-pyrrole nitrogens is 1. The van der Waals surface area contributed by atoms with Crippen molar-refractivity contribution in [1.82, 2.24) is 20.1 Å². The normalized spacial score (nSPS) is 18.9. The lowest BCUT2D eigenvalue weighted by molar-refractivity contribution is 0.148. The van der Waals surface area contributed by atoms with E-state index in [0.717, 1.165) is 59.3 Å². The fraction of sp³-hybridized carbons (Fsp3) is 0.500. The zero-order valence-corrected chi connectivity index (χ0v) is 18.9. The molecule has 2 aromatic rings. The Labute approximate surface area is 185 Å². The van der Waals surface area contributed by atoms with E-state index in [9.17, 15) is 0 Å². The van der Waals surface area contributed by atoms with Crippen molar-refractivity contribution in [3.05, 3.63) is 60.2 Å². The topological polar surface area (TPSA) is 60.3 Å². The van der Waals surface area contributed by atoms with Crippen LogP contribution in [-0.2, 0) is 6.54 Å². The number of hydrogen-bond acceptors (Lipinski definition) is 4. The third-order valence-electron chi connectivity index (χ3n) is 6.19. The summed E-state index contributed by atoms with van der Waals surface area (Å²) in [5, 5.41) is 5.25. The number of likely N-dealkylation sites (tertiary alicyclic amines) is 1. The van der Waals surface area contributed by atoms with Gasteiger partial charge in [0.2, 0.25) is 0 Å². The lowest BCUT2D eigenvalue weighted by Gasteiger charge is -2.40. The lowest BCUT2D eigenvalue weighted by Crippen LogP contribution is -2.49. The van der Waals surface area contributed by atoms with Crippen LogP contribution in [0.5, 0.6) is 0 Å². The molecule has 6 heteroatoms. The molecule has 2 fully saturated rings. The molecule has 1 atom stereocenters. The second-order valence-corrected chi connectivity index (χ2v) is 8.92. The third kappa shape index (κ3) is 5.96. The molecule has 2 aliphatic rings. The minimum absolute atomic E-state index is 0.360. The highest BCUT2D eigenvalue weighted by Crippen LogP contribution is 2.24. The zero-order chi connectivity index (χ0) is 21.5. The molecule has 1 aromatic carbocycles. The summed E-state index contributed by atoms with van der Waals surface area (Å²) in [6, 6.07) is 8.31. The zero-order valence-electron chi connectivity index (χ0n) is 18.2. The van der Waals surface area contributed by atoms with Gasteiger partial charge in [-0.15, -0.1) is 0 Å². The molecule has 1 unspecified atom stereocenters. The van der Waals surface area contributed by atoms with Gasteiger partial charge in [0.15, 0.2) is 0 Å². The molecule has 1 aliphatic carbocycles. The van der Waals surface area contributed by atoms with Crippen molar-refractivity contribution in [1.29, 1.82) is 0 Å². The van der Waals surface area contributed by atoms with Crippen LogP contribution < -0.4 is 11.1 Å². The standard InChI is InChI=1S/C19H26ClN5.C5H10/c1-3-24-8-4-5-18(12-24)25(13-21)14(2)22-11-17-10-15-9-16(20)6-7-19(15)23-17;1-5-3-2-4-5/h3,6-7,9-10,18,22-23H,1-2,4-5,8,11-13,21H2;5H,2-4H2,1H3. The predicted molar refractivity (Wildman–Crippen MR) is 128 cm³/mol. The van der Waals surface area contributed by atoms with E-state index in [4.69, 9.17) is 17.3 Å². The molecular weight excluding hydrogens is 394 g/mol. The van der Waals surface area contributed by atoms with E-state index in [1.807, 2.05) is 24.4 Å². The first-order valence-electron chi connectivity index (χ1n) is 11.0. The molecule has 0 bridgehead atoms. The smallest absolute Gasteiger partial charge is 0.0955 e. The van der Waals surface area contributed by atoms with Crippen molar-refractivity contribution >= 4 is 22.5 Å². The Balaban J connectivity index is 0.000000448. The van der Waals surface area contributed by atoms with E-state index < -0.39 is 0 Å². The number of nitrogens with zero attached hydrogens (tertiary/aromatic N) is 2. The Morgan fingerprint density at radius 3 is 2.73 bits per heavy atom. The number of benzene rings is 1. The highest BCUT2D eigenvalue weighted by atomic mass is 35.5. The SMILES string of the molecule is C=CN1CCCC(N(CN)C(=C)NCc2cc3cc(Cl)ccc3[nH]2)C1.CC1CCC1. The maximum atomic E-state index is 6.05. The highest BCUT2D eigenvalue weighted by Gasteiger charge is 2.24. The molecule has 4 N–H and O–H groups in total. The van der Waals surface area contributed by atoms with Crippen LogP contribution >= 0.6 is 11.6 Å². The van der Waals surface area contributed by atoms with Gasteiger partial charge in [0.1, 0.15) is 0 Å². The average Bonchev–Trinajstić information content (AvgIpc) is 3.14. The number of rotatable bonds is 7. The third-order valence-corrected chi connectivity index (χ3v) is 6.42. The largest absolute Gasteiger partial charge is 0.376 e. The Bertz CT molecular complexity index is 841. The Morgan fingerprint density at radius 2 is 2.10 bits per heavy atom. The molecular formula is C24H36ClN5. The van der Waals surface area contributed by atoms with Crippen molar-refractivity contribution in [3.63, 3.8) is 0 Å². The van der Waals surface area contributed by atoms with Crippen LogP contribution in [0.2, 0.25) is 5.02 Å². The van der Waals surface area contributed by atoms with E-state index in [0.29, 0.717) is 19.3 Å². The molecule has 1 saturated heterocycles. The Kier molecular flexibility index (Phi) is 8.11. The molecule has 2 heterocycles. The van der Waals surface area contributed by atoms with Crippen molar-refractivity contribution in [2.75, 3.05) is 19.8 Å². The van der Waals surface area contributed by atoms with Crippen LogP contribution in [-0.4, -0.2) is 40.6 Å². The van der Waals surface area contributed by atoms with Gasteiger partial charge in [-0.25, -0.2) is 0 Å². The summed E-state index contributed by atoms with van der Waals surface area (Å²) >= 11 is 6.05. The molecule has 30 heavy (non-hydrogen) atoms. The summed E-state index contributed by atoms with van der Waals surface area (Å²) in [6.45, 7) is 13.5. The Morgan fingerprint density at radius 1 is 1.33 bits per heavy atom. The highest BCUT2D eigenvalue weighted by molar-refractivity contribution is 6.31. The average molecular weight is 430 g/mol. The molecule has 164 valence electrons. The first-order valence-corrected chi connectivity index (χ1v) is 11.4. The van der Waals surface area contributed by atoms with Crippen molar-refractivity contribution in [3.8, 4) is 0 Å². The van der Waals surface area contributed by atoms with Gasteiger partial charge in [0.05, 0.1) is 19.0 Å². The predicted octanol–water partition coefficient (Wildman–Crippen LogP) is 5.01. The molecule has 0 spiro atoms. The maximum Gasteiger partial charge on any atom is 0.0955 e. The number of aromatic nitrogens is 1. The summed E-state index contributed by atoms with van der Waals surface area (Å²) < 4.78 is 0. The molecule has 0 amide bonds. The number of nitrogens with one attached hydrogen (secondary N) is 2. The molecule has 4 rings (SSSR count). The number of nitrogens with two attached hydrogens (primary N) is 1. The van der Waals surface area contributed by atoms with Gasteiger partial charge in [-0.2, -0.15) is 0 Å². The molecule has 1 aromatic heterocycles. The van der Waals surface area contributed by atoms with Gasteiger partial charge in [-0.1, -0.05) is 50.9 Å². The summed E-state index contributed by atoms with van der Waals surface area (Å²) in [4.78, 5) is 7.79. The minimum atomic E-state index is 0.360. The lowest BCUT2D eigenvalue weighted by atomic mass is 9.88. The van der Waals surface area contributed by atoms with Gasteiger partial charge in [-0.3, -0.25) is 0 Å². The monoisotopic (exact) mass is 429 g/mol. The summed E-state index contributed by atoms with van der Waals surface area (Å²) in [5.74, 6) is 1.92. The van der Waals surface area contributed by atoms with Crippen LogP contribution in [0, 0.1) is 5.92 Å². The summed E-state index contributed by atoms with van der Waals surface area (Å²) in [6.07, 6.45) is 8.63. The number of piperidine rings is 1. The van der Waals surface area contributed by atoms with E-state index in [1.54, 1.807) is 0 Å². The number of halogens is 1. The summed E-state index contributed by atoms with van der Waals surface area (Å²) in [5.41, 5.74) is 8.17. The van der Waals surface area contributed by atoms with Crippen LogP contribution in [0.25, 0.3) is 10.9 Å². The fourth-order valence-electron chi connectivity index (χ4n) is 4.05. The molecule has 1 aliphatic heterocycles.